The molecule has 0 rings (SSSR count). The Hall–Kier alpha value is -0.560. The van der Waals surface area contributed by atoms with Gasteiger partial charge in [-0.2, -0.15) is 0 Å². The maximum atomic E-state index is 8.78. The third-order valence-electron chi connectivity index (χ3n) is 0.810. The lowest BCUT2D eigenvalue weighted by Gasteiger charge is -1.91. The molecule has 0 aromatic carbocycles. The minimum Gasteiger partial charge on any atom is -0.385 e. The van der Waals surface area contributed by atoms with Gasteiger partial charge in [-0.3, -0.25) is 0 Å². The summed E-state index contributed by atoms with van der Waals surface area (Å²) in [6.07, 6.45) is 5.62. The predicted octanol–water partition coefficient (Wildman–Crippen LogP) is 1.50. The van der Waals surface area contributed by atoms with Crippen LogP contribution < -0.4 is 0 Å². The number of allylic oxidation sites excluding steroid dienone is 1. The van der Waals surface area contributed by atoms with Crippen LogP contribution in [0.1, 0.15) is 13.3 Å². The monoisotopic (exact) mass is 112 g/mol. The average molecular weight is 112 g/mol. The van der Waals surface area contributed by atoms with Crippen molar-refractivity contribution in [1.82, 2.24) is 0 Å². The first-order valence-electron chi connectivity index (χ1n) is 2.78. The van der Waals surface area contributed by atoms with Crippen LogP contribution in [0.15, 0.2) is 24.8 Å². The third kappa shape index (κ3) is 3.62. The molecule has 1 unspecified atom stereocenters. The standard InChI is InChI=1S/C7H12O/c1-3-5-6-7(8)4-2/h4-8H,2-3H2,1H3. The summed E-state index contributed by atoms with van der Waals surface area (Å²) in [6, 6.07) is 0. The van der Waals surface area contributed by atoms with Crippen LogP contribution in [0.2, 0.25) is 0 Å². The number of aliphatic hydroxyl groups excluding tert-OH is 1. The van der Waals surface area contributed by atoms with Crippen molar-refractivity contribution >= 4 is 0 Å². The first kappa shape index (κ1) is 7.44. The lowest BCUT2D eigenvalue weighted by Crippen LogP contribution is -1.93. The van der Waals surface area contributed by atoms with Gasteiger partial charge in [-0.05, 0) is 6.42 Å². The number of aliphatic hydroxyl groups is 1. The van der Waals surface area contributed by atoms with E-state index in [0.29, 0.717) is 0 Å². The number of rotatable bonds is 3. The van der Waals surface area contributed by atoms with Gasteiger partial charge in [-0.25, -0.2) is 0 Å². The van der Waals surface area contributed by atoms with Crippen LogP contribution in [-0.2, 0) is 0 Å². The zero-order chi connectivity index (χ0) is 6.41. The van der Waals surface area contributed by atoms with E-state index in [4.69, 9.17) is 5.11 Å². The lowest BCUT2D eigenvalue weighted by molar-refractivity contribution is 0.271. The van der Waals surface area contributed by atoms with E-state index in [0.717, 1.165) is 6.42 Å². The van der Waals surface area contributed by atoms with E-state index < -0.39 is 6.10 Å². The average Bonchev–Trinajstić information content (AvgIpc) is 1.83. The summed E-state index contributed by atoms with van der Waals surface area (Å²) in [4.78, 5) is 0. The molecule has 0 bridgehead atoms. The summed E-state index contributed by atoms with van der Waals surface area (Å²) in [6.45, 7) is 5.43. The second kappa shape index (κ2) is 4.60. The van der Waals surface area contributed by atoms with Crippen molar-refractivity contribution in [2.24, 2.45) is 0 Å². The zero-order valence-corrected chi connectivity index (χ0v) is 5.17. The molecule has 0 saturated carbocycles. The van der Waals surface area contributed by atoms with Crippen LogP contribution in [0, 0.1) is 0 Å². The molecular weight excluding hydrogens is 100 g/mol. The topological polar surface area (TPSA) is 20.2 Å². The van der Waals surface area contributed by atoms with Gasteiger partial charge in [-0.15, -0.1) is 6.58 Å². The zero-order valence-electron chi connectivity index (χ0n) is 5.17. The molecule has 0 aromatic heterocycles. The molecule has 1 atom stereocenters. The molecule has 0 fully saturated rings. The maximum Gasteiger partial charge on any atom is 0.0899 e. The van der Waals surface area contributed by atoms with Gasteiger partial charge in [0.15, 0.2) is 0 Å². The van der Waals surface area contributed by atoms with E-state index in [1.807, 2.05) is 13.0 Å². The van der Waals surface area contributed by atoms with E-state index >= 15 is 0 Å². The Morgan fingerprint density at radius 1 is 1.75 bits per heavy atom. The van der Waals surface area contributed by atoms with E-state index in [-0.39, 0.29) is 0 Å². The van der Waals surface area contributed by atoms with E-state index in [1.54, 1.807) is 6.08 Å². The van der Waals surface area contributed by atoms with Gasteiger partial charge in [-0.1, -0.05) is 25.2 Å². The van der Waals surface area contributed by atoms with Gasteiger partial charge in [0.25, 0.3) is 0 Å². The Morgan fingerprint density at radius 3 is 2.75 bits per heavy atom. The van der Waals surface area contributed by atoms with Crippen LogP contribution in [-0.4, -0.2) is 11.2 Å². The predicted molar refractivity (Wildman–Crippen MR) is 35.6 cm³/mol. The SMILES string of the molecule is C=CC(O)C=CCC. The summed E-state index contributed by atoms with van der Waals surface area (Å²) in [5.74, 6) is 0. The van der Waals surface area contributed by atoms with Gasteiger partial charge >= 0.3 is 0 Å². The van der Waals surface area contributed by atoms with Crippen LogP contribution in [0.25, 0.3) is 0 Å². The highest BCUT2D eigenvalue weighted by molar-refractivity contribution is 4.96. The molecule has 8 heavy (non-hydrogen) atoms. The molecule has 0 heterocycles. The molecule has 0 saturated heterocycles. The Kier molecular flexibility index (Phi) is 4.27. The molecule has 1 heteroatoms. The highest BCUT2D eigenvalue weighted by Gasteiger charge is 1.84. The lowest BCUT2D eigenvalue weighted by atomic mass is 10.3. The maximum absolute atomic E-state index is 8.78. The van der Waals surface area contributed by atoms with Gasteiger partial charge in [0, 0.05) is 0 Å². The minimum atomic E-state index is -0.463. The van der Waals surface area contributed by atoms with Crippen molar-refractivity contribution in [3.8, 4) is 0 Å². The van der Waals surface area contributed by atoms with Gasteiger partial charge in [0.05, 0.1) is 6.10 Å². The molecular formula is C7H12O. The fourth-order valence-electron chi connectivity index (χ4n) is 0.354. The van der Waals surface area contributed by atoms with E-state index in [1.165, 1.54) is 6.08 Å². The normalized spacial score (nSPS) is 14.2. The number of hydrogen-bond acceptors (Lipinski definition) is 1. The molecule has 0 aliphatic rings. The largest absolute Gasteiger partial charge is 0.385 e. The van der Waals surface area contributed by atoms with Crippen molar-refractivity contribution in [1.29, 1.82) is 0 Å². The molecule has 0 aliphatic carbocycles. The highest BCUT2D eigenvalue weighted by atomic mass is 16.3. The summed E-state index contributed by atoms with van der Waals surface area (Å²) in [5, 5.41) is 8.78. The van der Waals surface area contributed by atoms with Crippen LogP contribution in [0.4, 0.5) is 0 Å². The van der Waals surface area contributed by atoms with E-state index in [9.17, 15) is 0 Å². The molecule has 46 valence electrons. The van der Waals surface area contributed by atoms with Crippen molar-refractivity contribution in [2.45, 2.75) is 19.4 Å². The summed E-state index contributed by atoms with van der Waals surface area (Å²) in [7, 11) is 0. The molecule has 0 amide bonds. The van der Waals surface area contributed by atoms with Crippen LogP contribution >= 0.6 is 0 Å². The minimum absolute atomic E-state index is 0.463. The fourth-order valence-corrected chi connectivity index (χ4v) is 0.354. The summed E-state index contributed by atoms with van der Waals surface area (Å²) in [5.41, 5.74) is 0. The Morgan fingerprint density at radius 2 is 2.38 bits per heavy atom. The molecule has 0 aliphatic heterocycles. The Balaban J connectivity index is 3.35. The Bertz CT molecular complexity index is 84.4. The van der Waals surface area contributed by atoms with Crippen molar-refractivity contribution in [2.75, 3.05) is 0 Å². The first-order chi connectivity index (χ1) is 3.81. The first-order valence-corrected chi connectivity index (χ1v) is 2.78. The quantitative estimate of drug-likeness (QED) is 0.548. The molecule has 1 N–H and O–H groups in total. The van der Waals surface area contributed by atoms with Gasteiger partial charge in [0.2, 0.25) is 0 Å². The fraction of sp³-hybridized carbons (Fsp3) is 0.429. The Labute approximate surface area is 50.3 Å². The summed E-state index contributed by atoms with van der Waals surface area (Å²) >= 11 is 0. The molecule has 0 aromatic rings. The van der Waals surface area contributed by atoms with Gasteiger partial charge in [0.1, 0.15) is 0 Å². The summed E-state index contributed by atoms with van der Waals surface area (Å²) < 4.78 is 0. The second-order valence-electron chi connectivity index (χ2n) is 1.56. The molecule has 0 radical (unpaired) electrons. The van der Waals surface area contributed by atoms with Gasteiger partial charge < -0.3 is 5.11 Å². The van der Waals surface area contributed by atoms with Crippen molar-refractivity contribution < 1.29 is 5.11 Å². The van der Waals surface area contributed by atoms with Crippen molar-refractivity contribution in [3.05, 3.63) is 24.8 Å². The van der Waals surface area contributed by atoms with Crippen LogP contribution in [0.5, 0.6) is 0 Å². The second-order valence-corrected chi connectivity index (χ2v) is 1.56. The number of hydrogen-bond donors (Lipinski definition) is 1. The van der Waals surface area contributed by atoms with Crippen LogP contribution in [0.3, 0.4) is 0 Å². The smallest absolute Gasteiger partial charge is 0.0899 e. The third-order valence-corrected chi connectivity index (χ3v) is 0.810. The molecule has 0 spiro atoms. The highest BCUT2D eigenvalue weighted by Crippen LogP contribution is 1.87. The van der Waals surface area contributed by atoms with E-state index in [2.05, 4.69) is 6.58 Å². The molecule has 1 nitrogen and oxygen atoms in total. The van der Waals surface area contributed by atoms with Crippen molar-refractivity contribution in [3.63, 3.8) is 0 Å².